The van der Waals surface area contributed by atoms with Crippen LogP contribution in [0.1, 0.15) is 25.5 Å². The second-order valence-corrected chi connectivity index (χ2v) is 7.07. The van der Waals surface area contributed by atoms with Gasteiger partial charge in [0, 0.05) is 24.1 Å². The molecule has 0 aromatic carbocycles. The van der Waals surface area contributed by atoms with Crippen LogP contribution < -0.4 is 11.1 Å². The van der Waals surface area contributed by atoms with Gasteiger partial charge in [0.25, 0.3) is 0 Å². The third kappa shape index (κ3) is 2.58. The summed E-state index contributed by atoms with van der Waals surface area (Å²) in [5, 5.41) is 8.30. The van der Waals surface area contributed by atoms with Gasteiger partial charge in [0.2, 0.25) is 0 Å². The summed E-state index contributed by atoms with van der Waals surface area (Å²) in [5.74, 6) is 0. The number of thiazole rings is 1. The van der Waals surface area contributed by atoms with E-state index in [1.165, 1.54) is 15.9 Å². The van der Waals surface area contributed by atoms with E-state index in [-0.39, 0.29) is 12.1 Å². The Morgan fingerprint density at radius 3 is 2.62 bits per heavy atom. The fraction of sp³-hybridized carbons (Fsp3) is 0.312. The van der Waals surface area contributed by atoms with Crippen LogP contribution in [0.15, 0.2) is 45.8 Å². The van der Waals surface area contributed by atoms with Crippen molar-refractivity contribution in [2.45, 2.75) is 31.8 Å². The molecule has 0 saturated heterocycles. The van der Waals surface area contributed by atoms with E-state index < -0.39 is 11.1 Å². The van der Waals surface area contributed by atoms with E-state index in [0.717, 1.165) is 23.4 Å². The predicted molar refractivity (Wildman–Crippen MR) is 90.1 cm³/mol. The van der Waals surface area contributed by atoms with E-state index in [2.05, 4.69) is 15.2 Å². The van der Waals surface area contributed by atoms with Crippen molar-refractivity contribution < 1.29 is 0 Å². The Morgan fingerprint density at radius 2 is 2.00 bits per heavy atom. The molecule has 1 aliphatic carbocycles. The van der Waals surface area contributed by atoms with Crippen LogP contribution in [0, 0.1) is 0 Å². The van der Waals surface area contributed by atoms with Gasteiger partial charge in [0.1, 0.15) is 5.69 Å². The number of nitrogens with zero attached hydrogens (tertiary/aromatic N) is 5. The molecular weight excluding hydrogens is 326 g/mol. The molecule has 24 heavy (non-hydrogen) atoms. The summed E-state index contributed by atoms with van der Waals surface area (Å²) < 4.78 is 2.92. The molecule has 0 aliphatic heterocycles. The van der Waals surface area contributed by atoms with Crippen molar-refractivity contribution in [2.24, 2.45) is 0 Å². The van der Waals surface area contributed by atoms with E-state index in [9.17, 15) is 9.59 Å². The number of hydrogen-bond acceptors (Lipinski definition) is 6. The summed E-state index contributed by atoms with van der Waals surface area (Å²) in [6.45, 7) is 2.21. The zero-order chi connectivity index (χ0) is 16.7. The Bertz CT molecular complexity index is 985. The summed E-state index contributed by atoms with van der Waals surface area (Å²) in [6, 6.07) is 3.65. The summed E-state index contributed by atoms with van der Waals surface area (Å²) in [6.07, 6.45) is 6.93. The summed E-state index contributed by atoms with van der Waals surface area (Å²) in [4.78, 5) is 29.5. The smallest absolute Gasteiger partial charge is 0.304 e. The molecule has 4 rings (SSSR count). The Kier molecular flexibility index (Phi) is 3.42. The summed E-state index contributed by atoms with van der Waals surface area (Å²) in [7, 11) is 0. The third-order valence-electron chi connectivity index (χ3n) is 4.35. The van der Waals surface area contributed by atoms with Gasteiger partial charge in [-0.25, -0.2) is 0 Å². The van der Waals surface area contributed by atoms with Gasteiger partial charge < -0.3 is 9.13 Å². The van der Waals surface area contributed by atoms with Crippen LogP contribution in [-0.4, -0.2) is 24.3 Å². The van der Waals surface area contributed by atoms with Crippen LogP contribution >= 0.6 is 11.3 Å². The fourth-order valence-electron chi connectivity index (χ4n) is 2.57. The van der Waals surface area contributed by atoms with Crippen molar-refractivity contribution in [3.8, 4) is 10.6 Å². The SMILES string of the molecule is CC1(n2ccn(Cc3ccc(-c4cncs4)nn3)c(=O)c2=O)CC1. The largest absolute Gasteiger partial charge is 0.316 e. The average molecular weight is 341 g/mol. The first kappa shape index (κ1) is 14.9. The highest BCUT2D eigenvalue weighted by Crippen LogP contribution is 2.41. The van der Waals surface area contributed by atoms with Gasteiger partial charge >= 0.3 is 11.1 Å². The van der Waals surface area contributed by atoms with Crippen molar-refractivity contribution in [1.29, 1.82) is 0 Å². The lowest BCUT2D eigenvalue weighted by Gasteiger charge is -2.13. The highest BCUT2D eigenvalue weighted by Gasteiger charge is 2.40. The Balaban J connectivity index is 1.61. The lowest BCUT2D eigenvalue weighted by molar-refractivity contribution is 0.495. The molecule has 0 atom stereocenters. The van der Waals surface area contributed by atoms with Crippen molar-refractivity contribution in [1.82, 2.24) is 24.3 Å². The lowest BCUT2D eigenvalue weighted by Crippen LogP contribution is -2.43. The second-order valence-electron chi connectivity index (χ2n) is 6.18. The average Bonchev–Trinajstić information content (AvgIpc) is 3.11. The molecule has 0 unspecified atom stereocenters. The molecule has 0 spiro atoms. The molecule has 0 radical (unpaired) electrons. The molecule has 3 aromatic rings. The first-order valence-electron chi connectivity index (χ1n) is 7.61. The van der Waals surface area contributed by atoms with Crippen molar-refractivity contribution in [2.75, 3.05) is 0 Å². The van der Waals surface area contributed by atoms with Gasteiger partial charge in [-0.1, -0.05) is 0 Å². The first-order valence-corrected chi connectivity index (χ1v) is 8.49. The maximum absolute atomic E-state index is 12.3. The van der Waals surface area contributed by atoms with Gasteiger partial charge in [0.05, 0.1) is 22.6 Å². The van der Waals surface area contributed by atoms with E-state index in [4.69, 9.17) is 0 Å². The molecule has 1 fully saturated rings. The normalized spacial score (nSPS) is 15.4. The van der Waals surface area contributed by atoms with E-state index in [1.54, 1.807) is 28.7 Å². The van der Waals surface area contributed by atoms with E-state index in [1.807, 2.05) is 19.1 Å². The van der Waals surface area contributed by atoms with E-state index >= 15 is 0 Å². The molecule has 1 saturated carbocycles. The van der Waals surface area contributed by atoms with Crippen LogP contribution in [-0.2, 0) is 12.1 Å². The molecule has 8 heteroatoms. The Labute approximate surface area is 141 Å². The molecule has 3 heterocycles. The molecule has 7 nitrogen and oxygen atoms in total. The third-order valence-corrected chi connectivity index (χ3v) is 5.15. The topological polar surface area (TPSA) is 82.7 Å². The fourth-order valence-corrected chi connectivity index (χ4v) is 3.16. The minimum Gasteiger partial charge on any atom is -0.304 e. The highest BCUT2D eigenvalue weighted by molar-refractivity contribution is 7.13. The molecular formula is C16H15N5O2S. The maximum Gasteiger partial charge on any atom is 0.316 e. The second kappa shape index (κ2) is 5.48. The zero-order valence-corrected chi connectivity index (χ0v) is 13.9. The van der Waals surface area contributed by atoms with Gasteiger partial charge in [0.15, 0.2) is 0 Å². The molecule has 0 N–H and O–H groups in total. The summed E-state index contributed by atoms with van der Waals surface area (Å²) in [5.41, 5.74) is 1.90. The molecule has 1 aliphatic rings. The van der Waals surface area contributed by atoms with Crippen LogP contribution in [0.3, 0.4) is 0 Å². The quantitative estimate of drug-likeness (QED) is 0.671. The van der Waals surface area contributed by atoms with Gasteiger partial charge in [-0.05, 0) is 31.9 Å². The van der Waals surface area contributed by atoms with Gasteiger partial charge in [-0.3, -0.25) is 14.6 Å². The van der Waals surface area contributed by atoms with Crippen LogP contribution in [0.25, 0.3) is 10.6 Å². The van der Waals surface area contributed by atoms with Crippen molar-refractivity contribution in [3.63, 3.8) is 0 Å². The molecule has 122 valence electrons. The predicted octanol–water partition coefficient (Wildman–Crippen LogP) is 1.48. The number of rotatable bonds is 4. The Hall–Kier alpha value is -2.61. The standard InChI is InChI=1S/C16H15N5O2S/c1-16(4-5-16)21-7-6-20(14(22)15(21)23)9-11-2-3-12(19-18-11)13-8-17-10-24-13/h2-3,6-8,10H,4-5,9H2,1H3. The molecule has 0 bridgehead atoms. The lowest BCUT2D eigenvalue weighted by atomic mass is 10.3. The van der Waals surface area contributed by atoms with Crippen molar-refractivity contribution >= 4 is 11.3 Å². The van der Waals surface area contributed by atoms with E-state index in [0.29, 0.717) is 5.69 Å². The van der Waals surface area contributed by atoms with Gasteiger partial charge in [-0.2, -0.15) is 5.10 Å². The highest BCUT2D eigenvalue weighted by atomic mass is 32.1. The van der Waals surface area contributed by atoms with Crippen LogP contribution in [0.4, 0.5) is 0 Å². The Morgan fingerprint density at radius 1 is 1.17 bits per heavy atom. The summed E-state index contributed by atoms with van der Waals surface area (Å²) >= 11 is 1.49. The van der Waals surface area contributed by atoms with Gasteiger partial charge in [-0.15, -0.1) is 16.4 Å². The number of hydrogen-bond donors (Lipinski definition) is 0. The van der Waals surface area contributed by atoms with Crippen molar-refractivity contribution in [3.05, 3.63) is 62.6 Å². The molecule has 0 amide bonds. The zero-order valence-electron chi connectivity index (χ0n) is 13.0. The molecule has 3 aromatic heterocycles. The minimum absolute atomic E-state index is 0.189. The number of aromatic nitrogens is 5. The first-order chi connectivity index (χ1) is 11.6. The monoisotopic (exact) mass is 341 g/mol. The maximum atomic E-state index is 12.3. The van der Waals surface area contributed by atoms with Crippen LogP contribution in [0.2, 0.25) is 0 Å². The van der Waals surface area contributed by atoms with Crippen LogP contribution in [0.5, 0.6) is 0 Å². The minimum atomic E-state index is -0.529.